The van der Waals surface area contributed by atoms with Crippen LogP contribution in [0.2, 0.25) is 0 Å². The normalized spacial score (nSPS) is 41.6. The Kier molecular flexibility index (Phi) is 16.4. The van der Waals surface area contributed by atoms with Crippen LogP contribution >= 0.6 is 0 Å². The van der Waals surface area contributed by atoms with E-state index in [0.29, 0.717) is 13.0 Å². The third-order valence-electron chi connectivity index (χ3n) is 10.7. The van der Waals surface area contributed by atoms with E-state index in [0.717, 1.165) is 12.8 Å². The van der Waals surface area contributed by atoms with Gasteiger partial charge < -0.3 is 48.9 Å². The van der Waals surface area contributed by atoms with Gasteiger partial charge in [-0.3, -0.25) is 9.59 Å². The Morgan fingerprint density at radius 3 is 2.20 bits per heavy atom. The average molecular weight is 703 g/mol. The van der Waals surface area contributed by atoms with Crippen LogP contribution in [0.15, 0.2) is 0 Å². The molecule has 49 heavy (non-hydrogen) atoms. The summed E-state index contributed by atoms with van der Waals surface area (Å²) in [7, 11) is 6.68. The average Bonchev–Trinajstić information content (AvgIpc) is 3.04. The van der Waals surface area contributed by atoms with E-state index in [-0.39, 0.29) is 30.8 Å². The maximum Gasteiger partial charge on any atom is 0.407 e. The number of nitrogens with one attached hydrogen (secondary N) is 1. The van der Waals surface area contributed by atoms with Gasteiger partial charge in [-0.05, 0) is 67.5 Å². The van der Waals surface area contributed by atoms with E-state index < -0.39 is 83.7 Å². The molecular weight excluding hydrogens is 636 g/mol. The zero-order valence-corrected chi connectivity index (χ0v) is 32.2. The molecule has 13 heteroatoms. The second kappa shape index (κ2) is 18.6. The molecule has 0 aliphatic carbocycles. The van der Waals surface area contributed by atoms with Crippen LogP contribution in [-0.2, 0) is 38.0 Å². The number of carbonyl (C=O) groups is 3. The Morgan fingerprint density at radius 1 is 1.04 bits per heavy atom. The lowest BCUT2D eigenvalue weighted by atomic mass is 9.73. The molecule has 3 N–H and O–H groups in total. The number of carbonyl (C=O) groups excluding carboxylic acids is 3. The Labute approximate surface area is 294 Å². The van der Waals surface area contributed by atoms with Crippen LogP contribution in [0, 0.1) is 23.7 Å². The number of aliphatic hydroxyl groups is 2. The van der Waals surface area contributed by atoms with E-state index in [9.17, 15) is 24.6 Å². The van der Waals surface area contributed by atoms with Crippen molar-refractivity contribution >= 4 is 17.8 Å². The topological polar surface area (TPSA) is 162 Å². The number of alkyl carbamates (subject to hydrolysis) is 1. The second-order valence-corrected chi connectivity index (χ2v) is 15.0. The van der Waals surface area contributed by atoms with Crippen LogP contribution in [0.4, 0.5) is 4.79 Å². The summed E-state index contributed by atoms with van der Waals surface area (Å²) >= 11 is 0. The molecule has 2 saturated heterocycles. The van der Waals surface area contributed by atoms with Crippen molar-refractivity contribution in [3.8, 4) is 0 Å². The van der Waals surface area contributed by atoms with Crippen molar-refractivity contribution in [3.63, 3.8) is 0 Å². The number of ether oxygens (including phenoxy) is 6. The van der Waals surface area contributed by atoms with E-state index in [1.54, 1.807) is 41.5 Å². The monoisotopic (exact) mass is 702 g/mol. The van der Waals surface area contributed by atoms with Gasteiger partial charge in [-0.2, -0.15) is 0 Å². The van der Waals surface area contributed by atoms with Gasteiger partial charge in [0.15, 0.2) is 6.29 Å². The van der Waals surface area contributed by atoms with Gasteiger partial charge in [0.1, 0.15) is 29.7 Å². The van der Waals surface area contributed by atoms with E-state index >= 15 is 0 Å². The van der Waals surface area contributed by atoms with Gasteiger partial charge in [0.25, 0.3) is 0 Å². The van der Waals surface area contributed by atoms with Crippen LogP contribution in [0.25, 0.3) is 0 Å². The molecule has 0 aromatic carbocycles. The molecule has 13 nitrogen and oxygen atoms in total. The molecule has 0 unspecified atom stereocenters. The Hall–Kier alpha value is -1.87. The number of hydrogen-bond acceptors (Lipinski definition) is 12. The summed E-state index contributed by atoms with van der Waals surface area (Å²) in [5, 5.41) is 26.0. The van der Waals surface area contributed by atoms with Crippen molar-refractivity contribution in [2.75, 3.05) is 34.9 Å². The van der Waals surface area contributed by atoms with Crippen LogP contribution in [-0.4, -0.2) is 128 Å². The second-order valence-electron chi connectivity index (χ2n) is 15.0. The Bertz CT molecular complexity index is 1070. The first-order chi connectivity index (χ1) is 22.8. The van der Waals surface area contributed by atoms with E-state index in [2.05, 4.69) is 5.32 Å². The highest BCUT2D eigenvalue weighted by atomic mass is 16.7. The molecule has 14 atom stereocenters. The van der Waals surface area contributed by atoms with Gasteiger partial charge in [0.05, 0.1) is 29.8 Å². The van der Waals surface area contributed by atoms with Crippen LogP contribution in [0.3, 0.4) is 0 Å². The number of likely N-dealkylation sites (N-methyl/N-ethyl adjacent to an activating group) is 1. The number of aliphatic hydroxyl groups excluding tert-OH is 1. The molecule has 2 rings (SSSR count). The largest absolute Gasteiger partial charge is 0.459 e. The van der Waals surface area contributed by atoms with Crippen LogP contribution in [0.5, 0.6) is 0 Å². The number of methoxy groups -OCH3 is 2. The molecule has 286 valence electrons. The maximum absolute atomic E-state index is 14.1. The molecule has 0 aromatic rings. The number of unbranched alkanes of at least 4 members (excludes halogenated alkanes) is 1. The minimum absolute atomic E-state index is 0.154. The predicted molar refractivity (Wildman–Crippen MR) is 184 cm³/mol. The Balaban J connectivity index is 2.77. The fourth-order valence-electron chi connectivity index (χ4n) is 7.74. The lowest BCUT2D eigenvalue weighted by molar-refractivity contribution is -0.301. The molecule has 2 fully saturated rings. The maximum atomic E-state index is 14.1. The first-order valence-electron chi connectivity index (χ1n) is 17.9. The van der Waals surface area contributed by atoms with Gasteiger partial charge in [0, 0.05) is 44.6 Å². The standard InChI is InChI=1S/C36H66N2O11/c1-14-16-17-37-34(42)48-29-23(6)30(49-33-28(40)25(38(10)11)18-21(4)46-33)35(8,45-13)19-20(3)27(39)22(5)31(44-12)36(9,43)26(15-2)47-32(41)24(29)7/h20-26,28-31,33,40,43H,14-19H2,1-13H3,(H,37,42)/t20-,21-,22+,23+,24-,25+,26-,28-,29+,30-,31-,33+,35-,36-/m1/s1. The van der Waals surface area contributed by atoms with Crippen molar-refractivity contribution in [2.45, 2.75) is 155 Å². The highest BCUT2D eigenvalue weighted by Crippen LogP contribution is 2.40. The van der Waals surface area contributed by atoms with Gasteiger partial charge in [-0.1, -0.05) is 41.0 Å². The smallest absolute Gasteiger partial charge is 0.407 e. The van der Waals surface area contributed by atoms with Crippen molar-refractivity contribution in [1.82, 2.24) is 10.2 Å². The number of rotatable bonds is 10. The molecule has 0 aromatic heterocycles. The number of hydrogen-bond donors (Lipinski definition) is 3. The van der Waals surface area contributed by atoms with Crippen LogP contribution in [0.1, 0.15) is 94.4 Å². The van der Waals surface area contributed by atoms with Gasteiger partial charge in [-0.15, -0.1) is 0 Å². The zero-order chi connectivity index (χ0) is 37.4. The van der Waals surface area contributed by atoms with Crippen molar-refractivity contribution in [2.24, 2.45) is 23.7 Å². The molecule has 0 spiro atoms. The molecule has 0 radical (unpaired) electrons. The summed E-state index contributed by atoms with van der Waals surface area (Å²) in [5.74, 6) is -4.09. The fraction of sp³-hybridized carbons (Fsp3) is 0.917. The quantitative estimate of drug-likeness (QED) is 0.224. The number of Topliss-reactive ketones (excluding diaryl/α,β-unsaturated/α-hetero) is 1. The summed E-state index contributed by atoms with van der Waals surface area (Å²) in [6, 6.07) is -0.271. The molecular formula is C36H66N2O11. The summed E-state index contributed by atoms with van der Waals surface area (Å²) in [4.78, 5) is 43.2. The number of ketones is 1. The van der Waals surface area contributed by atoms with Gasteiger partial charge in [0.2, 0.25) is 0 Å². The SMILES string of the molecule is CCCCNC(=O)O[C@H]1[C@H](C)[C@@H](O[C@@H]2O[C@H](C)C[C@H](N(C)C)[C@H]2O)[C@](C)(OC)C[C@@H](C)C(=O)[C@H](C)[C@@H](OC)[C@](C)(O)[C@@H](CC)OC(=O)[C@@H]1C. The number of cyclic esters (lactones) is 1. The number of nitrogens with zero attached hydrogens (tertiary/aromatic N) is 1. The number of esters is 1. The van der Waals surface area contributed by atoms with Crippen molar-refractivity contribution < 1.29 is 53.0 Å². The molecule has 2 heterocycles. The third kappa shape index (κ3) is 10.4. The summed E-state index contributed by atoms with van der Waals surface area (Å²) in [5.41, 5.74) is -2.96. The highest BCUT2D eigenvalue weighted by molar-refractivity contribution is 5.83. The summed E-state index contributed by atoms with van der Waals surface area (Å²) in [6.45, 7) is 16.2. The highest BCUT2D eigenvalue weighted by Gasteiger charge is 2.53. The molecule has 2 aliphatic rings. The first-order valence-corrected chi connectivity index (χ1v) is 17.9. The minimum Gasteiger partial charge on any atom is -0.459 e. The molecule has 2 aliphatic heterocycles. The Morgan fingerprint density at radius 2 is 1.67 bits per heavy atom. The lowest BCUT2D eigenvalue weighted by Gasteiger charge is -2.48. The number of amides is 1. The molecule has 0 bridgehead atoms. The predicted octanol–water partition coefficient (Wildman–Crippen LogP) is 3.70. The van der Waals surface area contributed by atoms with E-state index in [1.807, 2.05) is 32.8 Å². The molecule has 0 saturated carbocycles. The van der Waals surface area contributed by atoms with Gasteiger partial charge >= 0.3 is 12.1 Å². The zero-order valence-electron chi connectivity index (χ0n) is 32.2. The van der Waals surface area contributed by atoms with Gasteiger partial charge in [-0.25, -0.2) is 4.79 Å². The first kappa shape index (κ1) is 43.3. The van der Waals surface area contributed by atoms with E-state index in [1.165, 1.54) is 21.1 Å². The molecule has 1 amide bonds. The fourth-order valence-corrected chi connectivity index (χ4v) is 7.74. The third-order valence-corrected chi connectivity index (χ3v) is 10.7. The van der Waals surface area contributed by atoms with Crippen LogP contribution < -0.4 is 5.32 Å². The lowest BCUT2D eigenvalue weighted by Crippen LogP contribution is -2.61. The van der Waals surface area contributed by atoms with Crippen molar-refractivity contribution in [3.05, 3.63) is 0 Å². The minimum atomic E-state index is -1.73. The summed E-state index contributed by atoms with van der Waals surface area (Å²) < 4.78 is 36.8. The van der Waals surface area contributed by atoms with E-state index in [4.69, 9.17) is 28.4 Å². The van der Waals surface area contributed by atoms with Crippen molar-refractivity contribution in [1.29, 1.82) is 0 Å². The summed E-state index contributed by atoms with van der Waals surface area (Å²) in [6.07, 6.45) is -4.68.